The van der Waals surface area contributed by atoms with E-state index >= 15 is 0 Å². The second kappa shape index (κ2) is 6.21. The van der Waals surface area contributed by atoms with Crippen LogP contribution in [0.15, 0.2) is 24.3 Å². The van der Waals surface area contributed by atoms with E-state index in [1.54, 1.807) is 4.90 Å². The highest BCUT2D eigenvalue weighted by molar-refractivity contribution is 5.72. The van der Waals surface area contributed by atoms with Crippen LogP contribution < -0.4 is 11.1 Å². The van der Waals surface area contributed by atoms with Crippen LogP contribution in [0, 0.1) is 11.3 Å². The van der Waals surface area contributed by atoms with Crippen molar-refractivity contribution in [3.8, 4) is 6.07 Å². The summed E-state index contributed by atoms with van der Waals surface area (Å²) in [5.74, 6) is 0. The van der Waals surface area contributed by atoms with E-state index in [1.807, 2.05) is 24.3 Å². The van der Waals surface area contributed by atoms with Gasteiger partial charge in [-0.1, -0.05) is 12.1 Å². The first-order chi connectivity index (χ1) is 9.19. The molecule has 1 saturated heterocycles. The largest absolute Gasteiger partial charge is 0.351 e. The molecule has 5 nitrogen and oxygen atoms in total. The molecule has 0 bridgehead atoms. The number of hydrogen-bond donors (Lipinski definition) is 2. The Labute approximate surface area is 113 Å². The Balaban J connectivity index is 1.77. The summed E-state index contributed by atoms with van der Waals surface area (Å²) in [4.78, 5) is 12.7. The molecular weight excluding hydrogens is 240 g/mol. The second-order valence-corrected chi connectivity index (χ2v) is 4.79. The molecule has 1 aromatic rings. The van der Waals surface area contributed by atoms with Crippen molar-refractivity contribution in [2.24, 2.45) is 5.73 Å². The Bertz CT molecular complexity index is 469. The first kappa shape index (κ1) is 13.4. The lowest BCUT2D eigenvalue weighted by Crippen LogP contribution is -2.46. The van der Waals surface area contributed by atoms with E-state index in [2.05, 4.69) is 11.4 Å². The molecule has 1 aliphatic heterocycles. The summed E-state index contributed by atoms with van der Waals surface area (Å²) in [6.45, 7) is 2.23. The molecule has 1 aliphatic rings. The number of likely N-dealkylation sites (tertiary alicyclic amines) is 1. The molecule has 0 aliphatic carbocycles. The van der Waals surface area contributed by atoms with Gasteiger partial charge in [-0.25, -0.2) is 4.79 Å². The second-order valence-electron chi connectivity index (χ2n) is 4.79. The molecule has 0 atom stereocenters. The summed E-state index contributed by atoms with van der Waals surface area (Å²) in [7, 11) is 0. The highest BCUT2D eigenvalue weighted by Gasteiger charge is 2.20. The van der Waals surface area contributed by atoms with Crippen molar-refractivity contribution in [3.05, 3.63) is 35.4 Å². The lowest BCUT2D eigenvalue weighted by Gasteiger charge is -2.31. The number of primary amides is 1. The number of carbonyl (C=O) groups excluding carboxylic acids is 1. The van der Waals surface area contributed by atoms with Crippen LogP contribution in [0.2, 0.25) is 0 Å². The van der Waals surface area contributed by atoms with E-state index in [-0.39, 0.29) is 6.03 Å². The lowest BCUT2D eigenvalue weighted by atomic mass is 10.0. The number of benzene rings is 1. The van der Waals surface area contributed by atoms with Crippen molar-refractivity contribution < 1.29 is 4.79 Å². The molecule has 0 aromatic heterocycles. The van der Waals surface area contributed by atoms with Crippen LogP contribution in [0.1, 0.15) is 24.0 Å². The number of rotatable bonds is 3. The average Bonchev–Trinajstić information content (AvgIpc) is 2.46. The lowest BCUT2D eigenvalue weighted by molar-refractivity contribution is 0.185. The van der Waals surface area contributed by atoms with Crippen molar-refractivity contribution >= 4 is 6.03 Å². The molecule has 1 heterocycles. The third-order valence-electron chi connectivity index (χ3n) is 3.48. The van der Waals surface area contributed by atoms with Crippen LogP contribution in [0.25, 0.3) is 0 Å². The van der Waals surface area contributed by atoms with Gasteiger partial charge in [0.15, 0.2) is 0 Å². The van der Waals surface area contributed by atoms with Gasteiger partial charge < -0.3 is 16.0 Å². The number of nitrogens with two attached hydrogens (primary N) is 1. The fourth-order valence-corrected chi connectivity index (χ4v) is 2.26. The van der Waals surface area contributed by atoms with Gasteiger partial charge in [-0.3, -0.25) is 0 Å². The van der Waals surface area contributed by atoms with E-state index in [0.29, 0.717) is 11.6 Å². The van der Waals surface area contributed by atoms with Crippen molar-refractivity contribution in [2.45, 2.75) is 25.4 Å². The average molecular weight is 258 g/mol. The number of amides is 2. The normalized spacial score (nSPS) is 16.1. The van der Waals surface area contributed by atoms with E-state index in [1.165, 1.54) is 0 Å². The number of urea groups is 1. The Morgan fingerprint density at radius 2 is 2.00 bits per heavy atom. The van der Waals surface area contributed by atoms with Gasteiger partial charge in [0.2, 0.25) is 0 Å². The highest BCUT2D eigenvalue weighted by Crippen LogP contribution is 2.11. The van der Waals surface area contributed by atoms with Crippen LogP contribution >= 0.6 is 0 Å². The molecular formula is C14H18N4O. The number of carbonyl (C=O) groups is 1. The smallest absolute Gasteiger partial charge is 0.314 e. The zero-order valence-electron chi connectivity index (χ0n) is 10.8. The molecule has 2 amide bonds. The Kier molecular flexibility index (Phi) is 4.37. The van der Waals surface area contributed by atoms with Gasteiger partial charge in [0.05, 0.1) is 11.6 Å². The number of piperidine rings is 1. The SMILES string of the molecule is N#Cc1ccc(CNC2CCN(C(N)=O)CC2)cc1. The molecule has 3 N–H and O–H groups in total. The summed E-state index contributed by atoms with van der Waals surface area (Å²) in [6.07, 6.45) is 1.86. The third-order valence-corrected chi connectivity index (χ3v) is 3.48. The molecule has 1 fully saturated rings. The van der Waals surface area contributed by atoms with Gasteiger partial charge in [0, 0.05) is 25.7 Å². The molecule has 2 rings (SSSR count). The van der Waals surface area contributed by atoms with Crippen LogP contribution in [-0.2, 0) is 6.54 Å². The highest BCUT2D eigenvalue weighted by atomic mass is 16.2. The number of nitrogens with zero attached hydrogens (tertiary/aromatic N) is 2. The molecule has 5 heteroatoms. The number of nitriles is 1. The van der Waals surface area contributed by atoms with Crippen molar-refractivity contribution in [1.29, 1.82) is 5.26 Å². The molecule has 1 aromatic carbocycles. The van der Waals surface area contributed by atoms with Gasteiger partial charge in [0.25, 0.3) is 0 Å². The van der Waals surface area contributed by atoms with Crippen LogP contribution in [0.5, 0.6) is 0 Å². The minimum absolute atomic E-state index is 0.328. The molecule has 0 saturated carbocycles. The molecule has 0 unspecified atom stereocenters. The summed E-state index contributed by atoms with van der Waals surface area (Å²) in [5.41, 5.74) is 7.09. The summed E-state index contributed by atoms with van der Waals surface area (Å²) in [6, 6.07) is 9.78. The zero-order valence-corrected chi connectivity index (χ0v) is 10.8. The van der Waals surface area contributed by atoms with Crippen molar-refractivity contribution in [1.82, 2.24) is 10.2 Å². The molecule has 0 radical (unpaired) electrons. The zero-order chi connectivity index (χ0) is 13.7. The maximum absolute atomic E-state index is 11.0. The summed E-state index contributed by atoms with van der Waals surface area (Å²) >= 11 is 0. The Morgan fingerprint density at radius 1 is 1.37 bits per heavy atom. The van der Waals surface area contributed by atoms with Crippen LogP contribution in [-0.4, -0.2) is 30.1 Å². The Morgan fingerprint density at radius 3 is 2.53 bits per heavy atom. The minimum Gasteiger partial charge on any atom is -0.351 e. The Hall–Kier alpha value is -2.06. The quantitative estimate of drug-likeness (QED) is 0.854. The van der Waals surface area contributed by atoms with Gasteiger partial charge in [-0.15, -0.1) is 0 Å². The third kappa shape index (κ3) is 3.70. The molecule has 19 heavy (non-hydrogen) atoms. The maximum atomic E-state index is 11.0. The van der Waals surface area contributed by atoms with Crippen LogP contribution in [0.3, 0.4) is 0 Å². The fraction of sp³-hybridized carbons (Fsp3) is 0.429. The monoisotopic (exact) mass is 258 g/mol. The van der Waals surface area contributed by atoms with Gasteiger partial charge in [0.1, 0.15) is 0 Å². The maximum Gasteiger partial charge on any atom is 0.314 e. The topological polar surface area (TPSA) is 82.2 Å². The van der Waals surface area contributed by atoms with Crippen LogP contribution in [0.4, 0.5) is 4.79 Å². The predicted molar refractivity (Wildman–Crippen MR) is 72.2 cm³/mol. The molecule has 0 spiro atoms. The van der Waals surface area contributed by atoms with Gasteiger partial charge >= 0.3 is 6.03 Å². The van der Waals surface area contributed by atoms with Gasteiger partial charge in [-0.05, 0) is 30.5 Å². The van der Waals surface area contributed by atoms with E-state index < -0.39 is 0 Å². The predicted octanol–water partition coefficient (Wildman–Crippen LogP) is 1.19. The summed E-state index contributed by atoms with van der Waals surface area (Å²) in [5, 5.41) is 12.2. The first-order valence-electron chi connectivity index (χ1n) is 6.46. The number of hydrogen-bond acceptors (Lipinski definition) is 3. The first-order valence-corrected chi connectivity index (χ1v) is 6.46. The molecule has 100 valence electrons. The standard InChI is InChI=1S/C14H18N4O/c15-9-11-1-3-12(4-2-11)10-17-13-5-7-18(8-6-13)14(16)19/h1-4,13,17H,5-8,10H2,(H2,16,19). The van der Waals surface area contributed by atoms with Gasteiger partial charge in [-0.2, -0.15) is 5.26 Å². The van der Waals surface area contributed by atoms with E-state index in [4.69, 9.17) is 11.0 Å². The number of nitrogens with one attached hydrogen (secondary N) is 1. The minimum atomic E-state index is -0.328. The van der Waals surface area contributed by atoms with E-state index in [9.17, 15) is 4.79 Å². The van der Waals surface area contributed by atoms with Crippen molar-refractivity contribution in [3.63, 3.8) is 0 Å². The van der Waals surface area contributed by atoms with E-state index in [0.717, 1.165) is 38.0 Å². The summed E-state index contributed by atoms with van der Waals surface area (Å²) < 4.78 is 0. The van der Waals surface area contributed by atoms with Crippen molar-refractivity contribution in [2.75, 3.05) is 13.1 Å². The fourth-order valence-electron chi connectivity index (χ4n) is 2.26.